The molecule has 1 aliphatic heterocycles. The minimum Gasteiger partial charge on any atom is -0.453 e. The van der Waals surface area contributed by atoms with Gasteiger partial charge in [0.2, 0.25) is 5.78 Å². The molecule has 0 fully saturated rings. The summed E-state index contributed by atoms with van der Waals surface area (Å²) in [5, 5.41) is 11.5. The van der Waals surface area contributed by atoms with E-state index >= 15 is 0 Å². The van der Waals surface area contributed by atoms with Gasteiger partial charge >= 0.3 is 0 Å². The Balaban J connectivity index is 1.77. The van der Waals surface area contributed by atoms with Crippen LogP contribution >= 0.6 is 23.2 Å². The van der Waals surface area contributed by atoms with E-state index in [-0.39, 0.29) is 5.76 Å². The maximum atomic E-state index is 12.3. The van der Waals surface area contributed by atoms with E-state index in [4.69, 9.17) is 27.9 Å². The summed E-state index contributed by atoms with van der Waals surface area (Å²) in [7, 11) is 0. The van der Waals surface area contributed by atoms with Gasteiger partial charge in [-0.25, -0.2) is 0 Å². The lowest BCUT2D eigenvalue weighted by Crippen LogP contribution is -2.38. The van der Waals surface area contributed by atoms with Gasteiger partial charge in [-0.3, -0.25) is 9.59 Å². The van der Waals surface area contributed by atoms with Crippen molar-refractivity contribution in [2.45, 2.75) is 12.2 Å². The molecule has 2 aromatic rings. The van der Waals surface area contributed by atoms with Gasteiger partial charge in [-0.2, -0.15) is 0 Å². The molecular weight excluding hydrogens is 351 g/mol. The van der Waals surface area contributed by atoms with Crippen LogP contribution in [0.4, 0.5) is 0 Å². The number of ketones is 2. The molecule has 0 radical (unpaired) electrons. The van der Waals surface area contributed by atoms with Crippen molar-refractivity contribution in [1.82, 2.24) is 0 Å². The van der Waals surface area contributed by atoms with Crippen molar-refractivity contribution in [2.24, 2.45) is 0 Å². The third-order valence-corrected chi connectivity index (χ3v) is 4.13. The zero-order valence-corrected chi connectivity index (χ0v) is 13.8. The highest BCUT2D eigenvalue weighted by atomic mass is 35.5. The lowest BCUT2D eigenvalue weighted by atomic mass is 10.0. The zero-order chi connectivity index (χ0) is 17.3. The third-order valence-electron chi connectivity index (χ3n) is 3.62. The fourth-order valence-electron chi connectivity index (χ4n) is 2.33. The Kier molecular flexibility index (Phi) is 4.45. The van der Waals surface area contributed by atoms with E-state index in [1.807, 2.05) is 0 Å². The highest BCUT2D eigenvalue weighted by Crippen LogP contribution is 2.33. The number of rotatable bonds is 4. The van der Waals surface area contributed by atoms with E-state index in [0.717, 1.165) is 0 Å². The molecule has 0 saturated carbocycles. The molecule has 0 unspecified atom stereocenters. The highest BCUT2D eigenvalue weighted by Gasteiger charge is 2.45. The third kappa shape index (κ3) is 3.36. The summed E-state index contributed by atoms with van der Waals surface area (Å²) in [4.78, 5) is 24.4. The van der Waals surface area contributed by atoms with Crippen LogP contribution in [0.15, 0.2) is 54.6 Å². The summed E-state index contributed by atoms with van der Waals surface area (Å²) < 4.78 is 5.38. The Hall–Kier alpha value is -2.14. The van der Waals surface area contributed by atoms with Crippen LogP contribution in [0.25, 0.3) is 5.76 Å². The first kappa shape index (κ1) is 16.7. The fraction of sp³-hybridized carbons (Fsp3) is 0.111. The molecule has 0 spiro atoms. The molecular formula is C18H12Cl2O4. The number of aliphatic hydroxyl groups is 1. The van der Waals surface area contributed by atoms with Crippen LogP contribution in [0.2, 0.25) is 10.0 Å². The van der Waals surface area contributed by atoms with Gasteiger partial charge in [-0.1, -0.05) is 23.2 Å². The van der Waals surface area contributed by atoms with E-state index in [2.05, 4.69) is 0 Å². The topological polar surface area (TPSA) is 63.6 Å². The summed E-state index contributed by atoms with van der Waals surface area (Å²) in [6, 6.07) is 12.8. The van der Waals surface area contributed by atoms with Crippen molar-refractivity contribution in [3.05, 3.63) is 75.8 Å². The molecule has 4 nitrogen and oxygen atoms in total. The molecule has 3 rings (SSSR count). The van der Waals surface area contributed by atoms with E-state index in [1.165, 1.54) is 18.2 Å². The Bertz CT molecular complexity index is 825. The predicted molar refractivity (Wildman–Crippen MR) is 90.9 cm³/mol. The standard InChI is InChI=1S/C18H12Cl2O4/c19-13-5-1-11(2-6-13)15(21)10-18(23)17(22)9-16(24-18)12-3-7-14(20)8-4-12/h1-9,23H,10H2/t18-/m1/s1. The van der Waals surface area contributed by atoms with Crippen molar-refractivity contribution in [3.8, 4) is 0 Å². The van der Waals surface area contributed by atoms with Crippen molar-refractivity contribution in [2.75, 3.05) is 0 Å². The molecule has 0 aromatic heterocycles. The Morgan fingerprint density at radius 3 is 2.12 bits per heavy atom. The average Bonchev–Trinajstić information content (AvgIpc) is 2.83. The SMILES string of the molecule is O=C(C[C@@]1(O)OC(c2ccc(Cl)cc2)=CC1=O)c1ccc(Cl)cc1. The molecule has 122 valence electrons. The Morgan fingerprint density at radius 2 is 1.54 bits per heavy atom. The number of hydrogen-bond acceptors (Lipinski definition) is 4. The van der Waals surface area contributed by atoms with Crippen LogP contribution in [-0.2, 0) is 9.53 Å². The minimum atomic E-state index is -2.20. The lowest BCUT2D eigenvalue weighted by Gasteiger charge is -2.21. The largest absolute Gasteiger partial charge is 0.453 e. The summed E-state index contributed by atoms with van der Waals surface area (Å²) in [5.74, 6) is -3.10. The molecule has 1 atom stereocenters. The first-order chi connectivity index (χ1) is 11.4. The fourth-order valence-corrected chi connectivity index (χ4v) is 2.58. The predicted octanol–water partition coefficient (Wildman–Crippen LogP) is 3.90. The number of hydrogen-bond donors (Lipinski definition) is 1. The average molecular weight is 363 g/mol. The van der Waals surface area contributed by atoms with Crippen LogP contribution in [0.5, 0.6) is 0 Å². The highest BCUT2D eigenvalue weighted by molar-refractivity contribution is 6.31. The van der Waals surface area contributed by atoms with Gasteiger partial charge < -0.3 is 9.84 Å². The summed E-state index contributed by atoms with van der Waals surface area (Å²) >= 11 is 11.6. The molecule has 2 aromatic carbocycles. The second-order valence-electron chi connectivity index (χ2n) is 5.37. The van der Waals surface area contributed by atoms with Gasteiger partial charge in [-0.05, 0) is 48.5 Å². The van der Waals surface area contributed by atoms with Gasteiger partial charge in [0, 0.05) is 27.2 Å². The van der Waals surface area contributed by atoms with Crippen molar-refractivity contribution < 1.29 is 19.4 Å². The van der Waals surface area contributed by atoms with E-state index < -0.39 is 23.8 Å². The molecule has 1 N–H and O–H groups in total. The first-order valence-corrected chi connectivity index (χ1v) is 7.85. The van der Waals surface area contributed by atoms with Crippen LogP contribution in [-0.4, -0.2) is 22.5 Å². The van der Waals surface area contributed by atoms with Gasteiger partial charge in [0.05, 0.1) is 6.42 Å². The van der Waals surface area contributed by atoms with Crippen molar-refractivity contribution >= 4 is 40.5 Å². The number of carbonyl (C=O) groups excluding carboxylic acids is 2. The maximum Gasteiger partial charge on any atom is 0.279 e. The normalized spacial score (nSPS) is 19.8. The van der Waals surface area contributed by atoms with Gasteiger partial charge in [0.1, 0.15) is 5.76 Å². The number of halogens is 2. The molecule has 0 saturated heterocycles. The molecule has 24 heavy (non-hydrogen) atoms. The lowest BCUT2D eigenvalue weighted by molar-refractivity contribution is -0.167. The van der Waals surface area contributed by atoms with Crippen LogP contribution in [0.1, 0.15) is 22.3 Å². The quantitative estimate of drug-likeness (QED) is 0.837. The maximum absolute atomic E-state index is 12.3. The molecule has 0 aliphatic carbocycles. The molecule has 1 aliphatic rings. The van der Waals surface area contributed by atoms with Gasteiger partial charge in [0.25, 0.3) is 5.79 Å². The summed E-state index contributed by atoms with van der Waals surface area (Å²) in [6.45, 7) is 0. The number of benzene rings is 2. The molecule has 1 heterocycles. The van der Waals surface area contributed by atoms with Gasteiger partial charge in [0.15, 0.2) is 5.78 Å². The molecule has 0 bridgehead atoms. The van der Waals surface area contributed by atoms with Crippen molar-refractivity contribution in [1.29, 1.82) is 0 Å². The second kappa shape index (κ2) is 6.40. The summed E-state index contributed by atoms with van der Waals surface area (Å²) in [6.07, 6.45) is 0.694. The minimum absolute atomic E-state index is 0.197. The van der Waals surface area contributed by atoms with Crippen LogP contribution in [0.3, 0.4) is 0 Å². The van der Waals surface area contributed by atoms with E-state index in [9.17, 15) is 14.7 Å². The van der Waals surface area contributed by atoms with Gasteiger partial charge in [-0.15, -0.1) is 0 Å². The second-order valence-corrected chi connectivity index (χ2v) is 6.25. The monoisotopic (exact) mass is 362 g/mol. The molecule has 0 amide bonds. The number of Topliss-reactive ketones (excluding diaryl/α,β-unsaturated/α-hetero) is 1. The van der Waals surface area contributed by atoms with E-state index in [0.29, 0.717) is 21.2 Å². The van der Waals surface area contributed by atoms with Crippen LogP contribution in [0, 0.1) is 0 Å². The van der Waals surface area contributed by atoms with Crippen molar-refractivity contribution in [3.63, 3.8) is 0 Å². The number of ether oxygens (including phenoxy) is 1. The Morgan fingerprint density at radius 1 is 1.00 bits per heavy atom. The number of carbonyl (C=O) groups is 2. The van der Waals surface area contributed by atoms with E-state index in [1.54, 1.807) is 36.4 Å². The Labute approximate surface area is 148 Å². The zero-order valence-electron chi connectivity index (χ0n) is 12.3. The summed E-state index contributed by atoms with van der Waals surface area (Å²) in [5.41, 5.74) is 0.923. The smallest absolute Gasteiger partial charge is 0.279 e. The van der Waals surface area contributed by atoms with Crippen LogP contribution < -0.4 is 0 Å². The molecule has 6 heteroatoms. The first-order valence-electron chi connectivity index (χ1n) is 7.10.